The van der Waals surface area contributed by atoms with E-state index in [-0.39, 0.29) is 16.2 Å². The highest BCUT2D eigenvalue weighted by Gasteiger charge is 2.58. The Morgan fingerprint density at radius 2 is 0.624 bits per heavy atom. The van der Waals surface area contributed by atoms with Crippen LogP contribution in [0.3, 0.4) is 0 Å². The first-order chi connectivity index (χ1) is 61.2. The van der Waals surface area contributed by atoms with Gasteiger partial charge in [0.1, 0.15) is 22.3 Å². The van der Waals surface area contributed by atoms with Gasteiger partial charge in [-0.2, -0.15) is 0 Å². The summed E-state index contributed by atoms with van der Waals surface area (Å²) in [6.45, 7) is 19.6. The van der Waals surface area contributed by atoms with E-state index in [0.717, 1.165) is 44.8 Å². The number of furan rings is 2. The lowest BCUT2D eigenvalue weighted by Crippen LogP contribution is -2.27. The van der Waals surface area contributed by atoms with Crippen molar-refractivity contribution in [2.45, 2.75) is 165 Å². The normalized spacial score (nSPS) is 16.0. The zero-order chi connectivity index (χ0) is 83.5. The summed E-state index contributed by atoms with van der Waals surface area (Å²) in [6.07, 6.45) is 15.2. The van der Waals surface area contributed by atoms with Crippen LogP contribution in [0.1, 0.15) is 221 Å². The Morgan fingerprint density at radius 3 is 1.21 bits per heavy atom. The fourth-order valence-corrected chi connectivity index (χ4v) is 26.7. The highest BCUT2D eigenvalue weighted by molar-refractivity contribution is 6.22. The molecule has 8 aliphatic rings. The monoisotopic (exact) mass is 1610 g/mol. The molecule has 0 fully saturated rings. The van der Waals surface area contributed by atoms with Crippen molar-refractivity contribution in [2.75, 3.05) is 4.90 Å². The molecule has 0 N–H and O–H groups in total. The van der Waals surface area contributed by atoms with Crippen LogP contribution in [0, 0.1) is 0 Å². The van der Waals surface area contributed by atoms with Crippen molar-refractivity contribution in [3.63, 3.8) is 0 Å². The van der Waals surface area contributed by atoms with E-state index >= 15 is 0 Å². The van der Waals surface area contributed by atoms with E-state index in [4.69, 9.17) is 8.83 Å². The first kappa shape index (κ1) is 73.5. The topological polar surface area (TPSA) is 29.5 Å². The molecule has 18 aromatic rings. The molecule has 0 saturated heterocycles. The van der Waals surface area contributed by atoms with Crippen molar-refractivity contribution >= 4 is 60.9 Å². The summed E-state index contributed by atoms with van der Waals surface area (Å²) in [7, 11) is 0. The highest BCUT2D eigenvalue weighted by Crippen LogP contribution is 2.71. The molecule has 2 aromatic heterocycles. The maximum absolute atomic E-state index is 7.36. The Labute approximate surface area is 733 Å². The minimum atomic E-state index is -0.737. The van der Waals surface area contributed by atoms with Crippen molar-refractivity contribution in [3.8, 4) is 100 Å². The van der Waals surface area contributed by atoms with Gasteiger partial charge in [0.15, 0.2) is 0 Å². The van der Waals surface area contributed by atoms with Crippen LogP contribution in [0.4, 0.5) is 17.1 Å². The van der Waals surface area contributed by atoms with Crippen LogP contribution >= 0.6 is 0 Å². The van der Waals surface area contributed by atoms with Crippen molar-refractivity contribution in [1.29, 1.82) is 0 Å². The lowest BCUT2D eigenvalue weighted by molar-refractivity contribution is 0.399. The van der Waals surface area contributed by atoms with Crippen LogP contribution in [0.2, 0.25) is 0 Å². The largest absolute Gasteiger partial charge is 0.456 e. The molecule has 125 heavy (non-hydrogen) atoms. The molecule has 3 heteroatoms. The fourth-order valence-electron chi connectivity index (χ4n) is 26.7. The number of fused-ring (bicyclic) bond motifs is 42. The Morgan fingerprint density at radius 1 is 0.240 bits per heavy atom. The molecule has 8 aliphatic carbocycles. The number of nitrogens with zero attached hydrogens (tertiary/aromatic N) is 1. The summed E-state index contributed by atoms with van der Waals surface area (Å²) in [5.74, 6) is 0. The van der Waals surface area contributed by atoms with Gasteiger partial charge in [0.2, 0.25) is 0 Å². The van der Waals surface area contributed by atoms with Crippen LogP contribution in [-0.2, 0) is 32.5 Å². The zero-order valence-corrected chi connectivity index (χ0v) is 72.7. The summed E-state index contributed by atoms with van der Waals surface area (Å²) in [5, 5.41) is 4.70. The molecule has 3 nitrogen and oxygen atoms in total. The standard InChI is InChI=1S/C122H99NO2/c1-9-11-13-15-33-63-120(64-34-16-14-12-10-2)93-44-26-17-35-77(93)84-57-52-73(66-102(84)120)72-51-56-82-83-58-53-74(67-100(83)117(3,4)99(82)65-72)123(75-55-60-87-101(68-75)119(7,8)115-113(87)116-112(89-42-24-32-50-107(89)125-116)111-86-40-22-25-43-92(86)118(5,6)114(111)115)76-54-59-85-90-70-105-91(71-104(90)122(103(85)69-76)96-47-29-20-38-80(96)81-39-21-30-48-97(81)122)109-98(61-62-108-110(109)88-41-23-31-49-106(88)124-108)121(105)94-45-27-18-36-78(94)79-37-19-28-46-95(79)121/h17-32,35-62,65-71H,9-16,33-34,63-64H2,1-8H3. The molecule has 0 bridgehead atoms. The number of hydrogen-bond acceptors (Lipinski definition) is 3. The SMILES string of the molecule is CCCCCCCC1(CCCCCCC)c2ccccc2-c2ccc(-c3ccc4c(c3)C(C)(C)c3cc(N(c5ccc6c(c5)C(C)(C)c5c7c(c8c(oc9ccccc98)c5-6)-c5ccccc5C7(C)C)c5ccc6c(c5)C5(c7ccccc7-c7ccccc75)c5cc7c(cc5-6)C5(c6ccccc6-c6ccccc65)c5ccc6oc8ccccc8c6c5-7)ccc3-4)cc21. The molecular weight excluding hydrogens is 1510 g/mol. The third-order valence-electron chi connectivity index (χ3n) is 32.1. The Balaban J connectivity index is 0.683. The third kappa shape index (κ3) is 9.46. The second-order valence-electron chi connectivity index (χ2n) is 39.3. The van der Waals surface area contributed by atoms with E-state index in [9.17, 15) is 0 Å². The van der Waals surface area contributed by atoms with Crippen LogP contribution in [0.15, 0.2) is 318 Å². The molecule has 16 aromatic carbocycles. The van der Waals surface area contributed by atoms with Crippen LogP contribution < -0.4 is 4.90 Å². The number of hydrogen-bond donors (Lipinski definition) is 0. The second-order valence-corrected chi connectivity index (χ2v) is 39.3. The van der Waals surface area contributed by atoms with Crippen molar-refractivity contribution in [1.82, 2.24) is 0 Å². The number of unbranched alkanes of at least 4 members (excludes halogenated alkanes) is 8. The van der Waals surface area contributed by atoms with Crippen molar-refractivity contribution in [2.24, 2.45) is 0 Å². The highest BCUT2D eigenvalue weighted by atomic mass is 16.3. The van der Waals surface area contributed by atoms with E-state index in [1.807, 2.05) is 0 Å². The summed E-state index contributed by atoms with van der Waals surface area (Å²) in [5.41, 5.74) is 49.7. The van der Waals surface area contributed by atoms with Crippen LogP contribution in [0.25, 0.3) is 144 Å². The Bertz CT molecular complexity index is 7660. The summed E-state index contributed by atoms with van der Waals surface area (Å²) >= 11 is 0. The first-order valence-corrected chi connectivity index (χ1v) is 46.5. The molecule has 0 atom stereocenters. The third-order valence-corrected chi connectivity index (χ3v) is 32.1. The molecule has 0 unspecified atom stereocenters. The average molecular weight is 1610 g/mol. The molecule has 604 valence electrons. The van der Waals surface area contributed by atoms with Crippen LogP contribution in [-0.4, -0.2) is 0 Å². The minimum Gasteiger partial charge on any atom is -0.456 e. The van der Waals surface area contributed by atoms with Crippen molar-refractivity contribution in [3.05, 3.63) is 398 Å². The molecule has 0 radical (unpaired) electrons. The van der Waals surface area contributed by atoms with Gasteiger partial charge in [-0.05, 0) is 275 Å². The summed E-state index contributed by atoms with van der Waals surface area (Å²) in [6, 6.07) is 121. The van der Waals surface area contributed by atoms with Gasteiger partial charge in [0, 0.05) is 65.8 Å². The fraction of sp³-hybridized carbons (Fsp3) is 0.213. The molecule has 0 saturated carbocycles. The van der Waals surface area contributed by atoms with Gasteiger partial charge in [-0.25, -0.2) is 0 Å². The maximum Gasteiger partial charge on any atom is 0.144 e. The van der Waals surface area contributed by atoms with E-state index in [2.05, 4.69) is 370 Å². The predicted molar refractivity (Wildman–Crippen MR) is 519 cm³/mol. The number of benzene rings is 16. The van der Waals surface area contributed by atoms with E-state index in [1.165, 1.54) is 271 Å². The number of rotatable bonds is 16. The van der Waals surface area contributed by atoms with Gasteiger partial charge in [0.05, 0.1) is 10.8 Å². The lowest BCUT2D eigenvalue weighted by Gasteiger charge is -2.34. The maximum atomic E-state index is 7.36. The van der Waals surface area contributed by atoms with Gasteiger partial charge in [-0.15, -0.1) is 0 Å². The Hall–Kier alpha value is -13.1. The average Bonchev–Trinajstić information content (AvgIpc) is 1.48. The van der Waals surface area contributed by atoms with Crippen molar-refractivity contribution < 1.29 is 8.83 Å². The zero-order valence-electron chi connectivity index (χ0n) is 72.7. The van der Waals surface area contributed by atoms with Gasteiger partial charge in [-0.3, -0.25) is 0 Å². The minimum absolute atomic E-state index is 0.00971. The molecule has 2 spiro atoms. The molecule has 0 amide bonds. The van der Waals surface area contributed by atoms with E-state index in [0.29, 0.717) is 0 Å². The van der Waals surface area contributed by atoms with Gasteiger partial charge in [0.25, 0.3) is 0 Å². The van der Waals surface area contributed by atoms with Gasteiger partial charge < -0.3 is 13.7 Å². The summed E-state index contributed by atoms with van der Waals surface area (Å²) in [4.78, 5) is 2.65. The lowest BCUT2D eigenvalue weighted by atomic mass is 9.68. The first-order valence-electron chi connectivity index (χ1n) is 46.5. The second kappa shape index (κ2) is 26.3. The predicted octanol–water partition coefficient (Wildman–Crippen LogP) is 33.2. The molecule has 0 aliphatic heterocycles. The Kier molecular flexibility index (Phi) is 15.4. The molecule has 2 heterocycles. The number of para-hydroxylation sites is 2. The van der Waals surface area contributed by atoms with Gasteiger partial charge in [-0.1, -0.05) is 350 Å². The van der Waals surface area contributed by atoms with E-state index < -0.39 is 16.2 Å². The molecular formula is C122H99NO2. The van der Waals surface area contributed by atoms with Gasteiger partial charge >= 0.3 is 0 Å². The van der Waals surface area contributed by atoms with E-state index in [1.54, 1.807) is 11.1 Å². The number of anilines is 3. The molecule has 26 rings (SSSR count). The summed E-state index contributed by atoms with van der Waals surface area (Å²) < 4.78 is 14.3. The quantitative estimate of drug-likeness (QED) is 0.0903. The smallest absolute Gasteiger partial charge is 0.144 e. The van der Waals surface area contributed by atoms with Crippen LogP contribution in [0.5, 0.6) is 0 Å².